The van der Waals surface area contributed by atoms with Crippen LogP contribution in [0.25, 0.3) is 0 Å². The Balaban J connectivity index is 1.68. The van der Waals surface area contributed by atoms with Gasteiger partial charge in [0.15, 0.2) is 0 Å². The Hall–Kier alpha value is -2.63. The molecule has 1 amide bonds. The molecule has 0 radical (unpaired) electrons. The van der Waals surface area contributed by atoms with E-state index in [4.69, 9.17) is 4.42 Å². The fourth-order valence-corrected chi connectivity index (χ4v) is 2.16. The van der Waals surface area contributed by atoms with E-state index in [2.05, 4.69) is 5.32 Å². The summed E-state index contributed by atoms with van der Waals surface area (Å²) in [6, 6.07) is 8.22. The highest BCUT2D eigenvalue weighted by molar-refractivity contribution is 5.94. The molecule has 1 N–H and O–H groups in total. The number of furan rings is 1. The molecule has 1 aromatic heterocycles. The summed E-state index contributed by atoms with van der Waals surface area (Å²) in [6.45, 7) is 2.35. The van der Waals surface area contributed by atoms with Gasteiger partial charge in [-0.05, 0) is 37.8 Å². The van der Waals surface area contributed by atoms with Gasteiger partial charge in [0.2, 0.25) is 0 Å². The molecular formula is C16H18N2O4. The van der Waals surface area contributed by atoms with E-state index in [1.807, 2.05) is 0 Å². The number of nitrogens with zero attached hydrogens (tertiary/aromatic N) is 1. The molecule has 6 nitrogen and oxygen atoms in total. The third kappa shape index (κ3) is 4.18. The Labute approximate surface area is 128 Å². The number of nitro groups is 1. The molecule has 116 valence electrons. The maximum atomic E-state index is 11.8. The van der Waals surface area contributed by atoms with Gasteiger partial charge in [-0.3, -0.25) is 14.9 Å². The Morgan fingerprint density at radius 1 is 1.23 bits per heavy atom. The second-order valence-electron chi connectivity index (χ2n) is 5.03. The average Bonchev–Trinajstić information content (AvgIpc) is 2.93. The van der Waals surface area contributed by atoms with Gasteiger partial charge in [0.05, 0.1) is 16.7 Å². The van der Waals surface area contributed by atoms with Crippen LogP contribution in [0.2, 0.25) is 0 Å². The van der Waals surface area contributed by atoms with E-state index in [9.17, 15) is 14.9 Å². The van der Waals surface area contributed by atoms with Crippen LogP contribution in [0, 0.1) is 17.0 Å². The second kappa shape index (κ2) is 7.40. The summed E-state index contributed by atoms with van der Waals surface area (Å²) in [5, 5.41) is 13.4. The Morgan fingerprint density at radius 3 is 2.55 bits per heavy atom. The van der Waals surface area contributed by atoms with E-state index in [1.165, 1.54) is 18.4 Å². The monoisotopic (exact) mass is 302 g/mol. The molecule has 2 aromatic rings. The summed E-state index contributed by atoms with van der Waals surface area (Å²) in [6.07, 6.45) is 4.08. The van der Waals surface area contributed by atoms with Gasteiger partial charge >= 0.3 is 0 Å². The number of carbonyl (C=O) groups is 1. The number of carbonyl (C=O) groups excluding carboxylic acids is 1. The minimum atomic E-state index is -0.406. The number of unbranched alkanes of at least 4 members (excludes halogenated alkanes) is 1. The van der Waals surface area contributed by atoms with Crippen molar-refractivity contribution in [2.24, 2.45) is 0 Å². The fourth-order valence-electron chi connectivity index (χ4n) is 2.16. The van der Waals surface area contributed by atoms with Crippen molar-refractivity contribution >= 4 is 11.6 Å². The molecule has 0 saturated heterocycles. The number of rotatable bonds is 7. The lowest BCUT2D eigenvalue weighted by Crippen LogP contribution is -2.24. The van der Waals surface area contributed by atoms with Gasteiger partial charge in [0, 0.05) is 18.7 Å². The molecule has 0 spiro atoms. The maximum Gasteiger partial charge on any atom is 0.269 e. The Bertz CT molecular complexity index is 646. The van der Waals surface area contributed by atoms with Gasteiger partial charge in [-0.1, -0.05) is 12.1 Å². The molecule has 0 unspecified atom stereocenters. The number of nitro benzene ring substituents is 1. The van der Waals surface area contributed by atoms with E-state index < -0.39 is 4.92 Å². The van der Waals surface area contributed by atoms with Crippen LogP contribution in [0.5, 0.6) is 0 Å². The highest BCUT2D eigenvalue weighted by atomic mass is 16.6. The van der Waals surface area contributed by atoms with E-state index in [0.717, 1.165) is 24.8 Å². The maximum absolute atomic E-state index is 11.8. The zero-order valence-electron chi connectivity index (χ0n) is 12.4. The lowest BCUT2D eigenvalue weighted by atomic mass is 10.1. The first-order valence-electron chi connectivity index (χ1n) is 7.13. The standard InChI is InChI=1S/C16H18N2O4/c1-12-15(9-11-22-12)16(19)17-10-3-2-4-13-5-7-14(8-6-13)18(20)21/h5-9,11H,2-4,10H2,1H3,(H,17,19). The first-order valence-corrected chi connectivity index (χ1v) is 7.13. The van der Waals surface area contributed by atoms with Crippen LogP contribution in [0.1, 0.15) is 34.5 Å². The highest BCUT2D eigenvalue weighted by Crippen LogP contribution is 2.13. The van der Waals surface area contributed by atoms with E-state index >= 15 is 0 Å². The van der Waals surface area contributed by atoms with Crippen molar-refractivity contribution in [1.82, 2.24) is 5.32 Å². The SMILES string of the molecule is Cc1occc1C(=O)NCCCCc1ccc([N+](=O)[O-])cc1. The number of nitrogens with one attached hydrogen (secondary N) is 1. The molecule has 2 rings (SSSR count). The molecular weight excluding hydrogens is 284 g/mol. The van der Waals surface area contributed by atoms with Crippen molar-refractivity contribution in [1.29, 1.82) is 0 Å². The zero-order valence-corrected chi connectivity index (χ0v) is 12.4. The second-order valence-corrected chi connectivity index (χ2v) is 5.03. The summed E-state index contributed by atoms with van der Waals surface area (Å²) in [7, 11) is 0. The van der Waals surface area contributed by atoms with Gasteiger partial charge in [0.1, 0.15) is 5.76 Å². The van der Waals surface area contributed by atoms with E-state index in [1.54, 1.807) is 25.1 Å². The lowest BCUT2D eigenvalue weighted by Gasteiger charge is -2.04. The summed E-state index contributed by atoms with van der Waals surface area (Å²) in [5.41, 5.74) is 1.73. The summed E-state index contributed by atoms with van der Waals surface area (Å²) in [5.74, 6) is 0.491. The van der Waals surface area contributed by atoms with Crippen LogP contribution in [0.15, 0.2) is 41.0 Å². The molecule has 0 saturated carbocycles. The topological polar surface area (TPSA) is 85.4 Å². The van der Waals surface area contributed by atoms with Crippen molar-refractivity contribution in [2.75, 3.05) is 6.54 Å². The van der Waals surface area contributed by atoms with Crippen LogP contribution in [-0.2, 0) is 6.42 Å². The lowest BCUT2D eigenvalue weighted by molar-refractivity contribution is -0.384. The number of non-ortho nitro benzene ring substituents is 1. The number of hydrogen-bond donors (Lipinski definition) is 1. The van der Waals surface area contributed by atoms with Crippen molar-refractivity contribution in [3.05, 3.63) is 63.6 Å². The van der Waals surface area contributed by atoms with Crippen LogP contribution >= 0.6 is 0 Å². The highest BCUT2D eigenvalue weighted by Gasteiger charge is 2.10. The molecule has 0 atom stereocenters. The zero-order chi connectivity index (χ0) is 15.9. The Kier molecular flexibility index (Phi) is 5.30. The van der Waals surface area contributed by atoms with Crippen LogP contribution in [0.4, 0.5) is 5.69 Å². The molecule has 22 heavy (non-hydrogen) atoms. The largest absolute Gasteiger partial charge is 0.469 e. The van der Waals surface area contributed by atoms with E-state index in [-0.39, 0.29) is 11.6 Å². The molecule has 0 aliphatic heterocycles. The van der Waals surface area contributed by atoms with Crippen LogP contribution < -0.4 is 5.32 Å². The third-order valence-corrected chi connectivity index (χ3v) is 3.43. The van der Waals surface area contributed by atoms with Crippen molar-refractivity contribution in [3.63, 3.8) is 0 Å². The molecule has 0 fully saturated rings. The smallest absolute Gasteiger partial charge is 0.269 e. The van der Waals surface area contributed by atoms with Gasteiger partial charge in [0.25, 0.3) is 11.6 Å². The molecule has 0 bridgehead atoms. The Morgan fingerprint density at radius 2 is 1.95 bits per heavy atom. The first kappa shape index (κ1) is 15.8. The van der Waals surface area contributed by atoms with Crippen molar-refractivity contribution in [2.45, 2.75) is 26.2 Å². The third-order valence-electron chi connectivity index (χ3n) is 3.43. The first-order chi connectivity index (χ1) is 10.6. The minimum Gasteiger partial charge on any atom is -0.469 e. The predicted molar refractivity (Wildman–Crippen MR) is 81.8 cm³/mol. The predicted octanol–water partition coefficient (Wildman–Crippen LogP) is 3.25. The van der Waals surface area contributed by atoms with Gasteiger partial charge < -0.3 is 9.73 Å². The van der Waals surface area contributed by atoms with Crippen LogP contribution in [-0.4, -0.2) is 17.4 Å². The molecule has 1 heterocycles. The minimum absolute atomic E-state index is 0.103. The average molecular weight is 302 g/mol. The summed E-state index contributed by atoms with van der Waals surface area (Å²) in [4.78, 5) is 22.0. The number of hydrogen-bond acceptors (Lipinski definition) is 4. The summed E-state index contributed by atoms with van der Waals surface area (Å²) >= 11 is 0. The quantitative estimate of drug-likeness (QED) is 0.483. The summed E-state index contributed by atoms with van der Waals surface area (Å²) < 4.78 is 5.09. The van der Waals surface area contributed by atoms with Crippen molar-refractivity contribution < 1.29 is 14.1 Å². The molecule has 0 aliphatic carbocycles. The number of aryl methyl sites for hydroxylation is 2. The normalized spacial score (nSPS) is 10.4. The molecule has 1 aromatic carbocycles. The van der Waals surface area contributed by atoms with Gasteiger partial charge in [-0.2, -0.15) is 0 Å². The van der Waals surface area contributed by atoms with Crippen LogP contribution in [0.3, 0.4) is 0 Å². The number of amides is 1. The molecule has 6 heteroatoms. The fraction of sp³-hybridized carbons (Fsp3) is 0.312. The van der Waals surface area contributed by atoms with E-state index in [0.29, 0.717) is 17.9 Å². The van der Waals surface area contributed by atoms with Gasteiger partial charge in [-0.15, -0.1) is 0 Å². The number of benzene rings is 1. The van der Waals surface area contributed by atoms with Crippen molar-refractivity contribution in [3.8, 4) is 0 Å². The van der Waals surface area contributed by atoms with Gasteiger partial charge in [-0.25, -0.2) is 0 Å². The molecule has 0 aliphatic rings.